The molecule has 0 radical (unpaired) electrons. The normalized spacial score (nSPS) is 15.2. The minimum Gasteiger partial charge on any atom is -0.462 e. The number of aromatic nitrogens is 1. The highest BCUT2D eigenvalue weighted by molar-refractivity contribution is 5.95. The van der Waals surface area contributed by atoms with Crippen LogP contribution in [0.3, 0.4) is 0 Å². The van der Waals surface area contributed by atoms with Gasteiger partial charge in [0.1, 0.15) is 11.4 Å². The Kier molecular flexibility index (Phi) is 5.17. The summed E-state index contributed by atoms with van der Waals surface area (Å²) in [5.74, 6) is 0.146. The average Bonchev–Trinajstić information content (AvgIpc) is 2.94. The highest BCUT2D eigenvalue weighted by Crippen LogP contribution is 2.17. The molecule has 0 atom stereocenters. The summed E-state index contributed by atoms with van der Waals surface area (Å²) in [5, 5.41) is 3.20. The Hall–Kier alpha value is -1.82. The molecular formula is C14H22N4O2. The van der Waals surface area contributed by atoms with E-state index in [1.54, 1.807) is 19.2 Å². The maximum absolute atomic E-state index is 11.9. The number of nitrogens with two attached hydrogens (primary N) is 1. The molecule has 1 aliphatic heterocycles. The first-order valence-corrected chi connectivity index (χ1v) is 7.09. The number of nitrogens with zero attached hydrogens (tertiary/aromatic N) is 2. The number of nitrogens with one attached hydrogen (secondary N) is 1. The second-order valence-corrected chi connectivity index (χ2v) is 4.86. The van der Waals surface area contributed by atoms with E-state index in [9.17, 15) is 4.79 Å². The van der Waals surface area contributed by atoms with Gasteiger partial charge in [0.15, 0.2) is 0 Å². The molecular weight excluding hydrogens is 256 g/mol. The number of esters is 1. The number of ether oxygens (including phenoxy) is 1. The number of likely N-dealkylation sites (tertiary alicyclic amines) is 1. The zero-order valence-corrected chi connectivity index (χ0v) is 11.9. The molecule has 0 aromatic carbocycles. The average molecular weight is 278 g/mol. The summed E-state index contributed by atoms with van der Waals surface area (Å²) < 4.78 is 5.02. The predicted octanol–water partition coefficient (Wildman–Crippen LogP) is 1.35. The molecule has 0 unspecified atom stereocenters. The molecule has 0 bridgehead atoms. The van der Waals surface area contributed by atoms with Crippen LogP contribution in [0.5, 0.6) is 0 Å². The van der Waals surface area contributed by atoms with E-state index in [2.05, 4.69) is 15.2 Å². The molecule has 1 fully saturated rings. The molecule has 0 aliphatic carbocycles. The second kappa shape index (κ2) is 7.09. The first-order valence-electron chi connectivity index (χ1n) is 7.09. The molecule has 6 nitrogen and oxygen atoms in total. The monoisotopic (exact) mass is 278 g/mol. The van der Waals surface area contributed by atoms with Gasteiger partial charge in [-0.05, 0) is 38.9 Å². The number of carbonyl (C=O) groups is 1. The Morgan fingerprint density at radius 1 is 1.50 bits per heavy atom. The first kappa shape index (κ1) is 14.6. The number of hydrogen-bond acceptors (Lipinski definition) is 6. The molecule has 2 rings (SSSR count). The lowest BCUT2D eigenvalue weighted by Crippen LogP contribution is -2.26. The summed E-state index contributed by atoms with van der Waals surface area (Å²) >= 11 is 0. The minimum absolute atomic E-state index is 0.334. The van der Waals surface area contributed by atoms with Crippen molar-refractivity contribution in [2.45, 2.75) is 19.8 Å². The van der Waals surface area contributed by atoms with Gasteiger partial charge in [0, 0.05) is 13.1 Å². The van der Waals surface area contributed by atoms with Crippen LogP contribution in [-0.4, -0.2) is 48.6 Å². The topological polar surface area (TPSA) is 80.5 Å². The molecule has 110 valence electrons. The minimum atomic E-state index is -0.393. The van der Waals surface area contributed by atoms with Crippen LogP contribution in [0.25, 0.3) is 0 Å². The summed E-state index contributed by atoms with van der Waals surface area (Å²) in [7, 11) is 0. The summed E-state index contributed by atoms with van der Waals surface area (Å²) in [4.78, 5) is 18.5. The van der Waals surface area contributed by atoms with Crippen LogP contribution in [0.1, 0.15) is 30.1 Å². The van der Waals surface area contributed by atoms with E-state index in [-0.39, 0.29) is 0 Å². The third kappa shape index (κ3) is 3.84. The molecule has 1 aromatic heterocycles. The van der Waals surface area contributed by atoms with Gasteiger partial charge in [0.2, 0.25) is 0 Å². The van der Waals surface area contributed by atoms with Crippen LogP contribution in [0.4, 0.5) is 11.5 Å². The van der Waals surface area contributed by atoms with E-state index in [1.165, 1.54) is 12.8 Å². The van der Waals surface area contributed by atoms with Crippen molar-refractivity contribution in [3.05, 3.63) is 17.8 Å². The van der Waals surface area contributed by atoms with E-state index in [4.69, 9.17) is 10.5 Å². The van der Waals surface area contributed by atoms with Gasteiger partial charge in [-0.3, -0.25) is 0 Å². The van der Waals surface area contributed by atoms with Gasteiger partial charge >= 0.3 is 5.97 Å². The lowest BCUT2D eigenvalue weighted by molar-refractivity contribution is 0.0527. The van der Waals surface area contributed by atoms with Gasteiger partial charge in [0.25, 0.3) is 0 Å². The number of carbonyl (C=O) groups excluding carboxylic acids is 1. The molecule has 3 N–H and O–H groups in total. The van der Waals surface area contributed by atoms with Gasteiger partial charge in [-0.1, -0.05) is 0 Å². The number of nitrogen functional groups attached to an aromatic ring is 1. The van der Waals surface area contributed by atoms with Gasteiger partial charge in [-0.2, -0.15) is 0 Å². The van der Waals surface area contributed by atoms with Crippen LogP contribution in [0.15, 0.2) is 12.3 Å². The fourth-order valence-electron chi connectivity index (χ4n) is 2.32. The molecule has 0 saturated carbocycles. The predicted molar refractivity (Wildman–Crippen MR) is 78.8 cm³/mol. The van der Waals surface area contributed by atoms with Crippen molar-refractivity contribution in [2.24, 2.45) is 0 Å². The number of pyridine rings is 1. The third-order valence-corrected chi connectivity index (χ3v) is 3.32. The van der Waals surface area contributed by atoms with Gasteiger partial charge < -0.3 is 20.7 Å². The quantitative estimate of drug-likeness (QED) is 0.765. The van der Waals surface area contributed by atoms with E-state index >= 15 is 0 Å². The zero-order valence-electron chi connectivity index (χ0n) is 11.9. The Morgan fingerprint density at radius 2 is 2.25 bits per heavy atom. The SMILES string of the molecule is CCOC(=O)c1cc(N)cnc1NCCN1CCCC1. The molecule has 1 aliphatic rings. The Labute approximate surface area is 119 Å². The molecule has 2 heterocycles. The van der Waals surface area contributed by atoms with Crippen LogP contribution in [-0.2, 0) is 4.74 Å². The summed E-state index contributed by atoms with van der Waals surface area (Å²) in [6.45, 7) is 6.12. The van der Waals surface area contributed by atoms with Crippen molar-refractivity contribution in [3.63, 3.8) is 0 Å². The van der Waals surface area contributed by atoms with E-state index in [0.717, 1.165) is 26.2 Å². The van der Waals surface area contributed by atoms with E-state index < -0.39 is 5.97 Å². The Morgan fingerprint density at radius 3 is 2.95 bits per heavy atom. The fourth-order valence-corrected chi connectivity index (χ4v) is 2.32. The van der Waals surface area contributed by atoms with Gasteiger partial charge in [-0.25, -0.2) is 9.78 Å². The van der Waals surface area contributed by atoms with Crippen molar-refractivity contribution in [2.75, 3.05) is 43.8 Å². The van der Waals surface area contributed by atoms with Gasteiger partial charge in [0.05, 0.1) is 18.5 Å². The molecule has 1 saturated heterocycles. The molecule has 0 spiro atoms. The summed E-state index contributed by atoms with van der Waals surface area (Å²) in [6.07, 6.45) is 4.09. The zero-order chi connectivity index (χ0) is 14.4. The highest BCUT2D eigenvalue weighted by atomic mass is 16.5. The van der Waals surface area contributed by atoms with Crippen molar-refractivity contribution >= 4 is 17.5 Å². The molecule has 6 heteroatoms. The number of hydrogen-bond donors (Lipinski definition) is 2. The van der Waals surface area contributed by atoms with Crippen LogP contribution in [0, 0.1) is 0 Å². The van der Waals surface area contributed by atoms with Crippen LogP contribution >= 0.6 is 0 Å². The van der Waals surface area contributed by atoms with Crippen molar-refractivity contribution in [1.82, 2.24) is 9.88 Å². The first-order chi connectivity index (χ1) is 9.70. The smallest absolute Gasteiger partial charge is 0.341 e. The highest BCUT2D eigenvalue weighted by Gasteiger charge is 2.15. The lowest BCUT2D eigenvalue weighted by Gasteiger charge is -2.16. The maximum atomic E-state index is 11.9. The molecule has 1 aromatic rings. The van der Waals surface area contributed by atoms with E-state index in [1.807, 2.05) is 0 Å². The summed E-state index contributed by atoms with van der Waals surface area (Å²) in [5.41, 5.74) is 6.54. The van der Waals surface area contributed by atoms with Crippen LogP contribution in [0.2, 0.25) is 0 Å². The Balaban J connectivity index is 1.96. The number of anilines is 2. The van der Waals surface area contributed by atoms with Crippen molar-refractivity contribution in [1.29, 1.82) is 0 Å². The second-order valence-electron chi connectivity index (χ2n) is 4.86. The number of rotatable bonds is 6. The fraction of sp³-hybridized carbons (Fsp3) is 0.571. The van der Waals surface area contributed by atoms with Crippen LogP contribution < -0.4 is 11.1 Å². The van der Waals surface area contributed by atoms with Gasteiger partial charge in [-0.15, -0.1) is 0 Å². The maximum Gasteiger partial charge on any atom is 0.341 e. The third-order valence-electron chi connectivity index (χ3n) is 3.32. The van der Waals surface area contributed by atoms with Crippen molar-refractivity contribution < 1.29 is 9.53 Å². The largest absolute Gasteiger partial charge is 0.462 e. The molecule has 20 heavy (non-hydrogen) atoms. The standard InChI is InChI=1S/C14H22N4O2/c1-2-20-14(19)12-9-11(15)10-17-13(12)16-5-8-18-6-3-4-7-18/h9-10H,2-8,15H2,1H3,(H,16,17). The molecule has 0 amide bonds. The summed E-state index contributed by atoms with van der Waals surface area (Å²) in [6, 6.07) is 1.60. The lowest BCUT2D eigenvalue weighted by atomic mass is 10.2. The Bertz CT molecular complexity index is 458. The van der Waals surface area contributed by atoms with Crippen molar-refractivity contribution in [3.8, 4) is 0 Å². The van der Waals surface area contributed by atoms with E-state index in [0.29, 0.717) is 23.7 Å².